The fourth-order valence-electron chi connectivity index (χ4n) is 5.91. The van der Waals surface area contributed by atoms with Crippen molar-refractivity contribution in [3.63, 3.8) is 0 Å². The van der Waals surface area contributed by atoms with Crippen LogP contribution in [0.1, 0.15) is 13.8 Å². The Bertz CT molecular complexity index is 983. The van der Waals surface area contributed by atoms with E-state index in [1.165, 1.54) is 20.9 Å². The molecule has 0 bridgehead atoms. The van der Waals surface area contributed by atoms with Crippen molar-refractivity contribution in [3.05, 3.63) is 0 Å². The predicted octanol–water partition coefficient (Wildman–Crippen LogP) is -7.60. The third kappa shape index (κ3) is 7.34. The van der Waals surface area contributed by atoms with Gasteiger partial charge in [0.05, 0.1) is 25.4 Å². The molecule has 4 fully saturated rings. The molecule has 4 aliphatic rings. The molecular formula is C26H45NO19. The van der Waals surface area contributed by atoms with E-state index in [4.69, 9.17) is 33.2 Å². The van der Waals surface area contributed by atoms with E-state index in [0.29, 0.717) is 6.41 Å². The number of hydrogen-bond donors (Lipinski definition) is 11. The molecule has 20 heteroatoms. The maximum absolute atomic E-state index is 11.8. The van der Waals surface area contributed by atoms with E-state index in [2.05, 4.69) is 0 Å². The van der Waals surface area contributed by atoms with Crippen LogP contribution >= 0.6 is 0 Å². The van der Waals surface area contributed by atoms with Crippen molar-refractivity contribution >= 4 is 6.41 Å². The van der Waals surface area contributed by atoms with E-state index >= 15 is 0 Å². The molecule has 1 amide bonds. The topological polar surface area (TPSA) is 307 Å². The number of carbonyl (C=O) groups excluding carboxylic acids is 1. The minimum absolute atomic E-state index is 0.303. The van der Waals surface area contributed by atoms with Gasteiger partial charge in [-0.2, -0.15) is 0 Å². The van der Waals surface area contributed by atoms with Crippen molar-refractivity contribution in [2.24, 2.45) is 0 Å². The highest BCUT2D eigenvalue weighted by Gasteiger charge is 2.56. The zero-order valence-corrected chi connectivity index (χ0v) is 25.2. The second kappa shape index (κ2) is 15.5. The van der Waals surface area contributed by atoms with Gasteiger partial charge >= 0.3 is 0 Å². The van der Waals surface area contributed by atoms with Gasteiger partial charge in [0.25, 0.3) is 0 Å². The molecule has 4 rings (SSSR count). The maximum atomic E-state index is 11.8. The maximum Gasteiger partial charge on any atom is 0.209 e. The van der Waals surface area contributed by atoms with Gasteiger partial charge in [-0.1, -0.05) is 0 Å². The zero-order chi connectivity index (χ0) is 34.2. The third-order valence-corrected chi connectivity index (χ3v) is 8.76. The summed E-state index contributed by atoms with van der Waals surface area (Å²) in [7, 11) is 1.24. The molecule has 8 unspecified atom stereocenters. The van der Waals surface area contributed by atoms with Crippen LogP contribution in [-0.4, -0.2) is 211 Å². The summed E-state index contributed by atoms with van der Waals surface area (Å²) < 4.78 is 40.0. The standard InChI is InChI=1S/C26H45NO19/c1-7-12(31)15(34)18(37)24(40-7)45-21-11(27(3)6-30)23(39)42-10(5-29)20(21)44-26-22(17(36)14(33)9(4-28)43-26)46-25-19(38)16(35)13(32)8(2)41-25/h6-26,28-29,31-39H,4-5H2,1-3H3/t7?,8?,9?,10?,11?,12-,13-,14+,15?,16?,17+,18+,19+,20-,21-,22?,23-,24+,25+,26+/m1/s1. The Labute approximate surface area is 262 Å². The van der Waals surface area contributed by atoms with Crippen molar-refractivity contribution in [1.82, 2.24) is 4.90 Å². The normalized spacial score (nSPS) is 51.9. The summed E-state index contributed by atoms with van der Waals surface area (Å²) in [5, 5.41) is 114. The second-order valence-corrected chi connectivity index (χ2v) is 11.9. The average Bonchev–Trinajstić information content (AvgIpc) is 3.03. The summed E-state index contributed by atoms with van der Waals surface area (Å²) in [6.45, 7) is 1.06. The van der Waals surface area contributed by atoms with Crippen LogP contribution in [0.25, 0.3) is 0 Å². The molecule has 0 radical (unpaired) electrons. The Hall–Kier alpha value is -1.25. The lowest BCUT2D eigenvalue weighted by molar-refractivity contribution is -0.393. The molecule has 20 nitrogen and oxygen atoms in total. The molecule has 0 saturated carbocycles. The van der Waals surface area contributed by atoms with Crippen LogP contribution in [0.2, 0.25) is 0 Å². The fraction of sp³-hybridized carbons (Fsp3) is 0.962. The smallest absolute Gasteiger partial charge is 0.209 e. The van der Waals surface area contributed by atoms with Crippen LogP contribution in [0.5, 0.6) is 0 Å². The first-order valence-electron chi connectivity index (χ1n) is 14.8. The molecule has 0 aromatic rings. The van der Waals surface area contributed by atoms with Gasteiger partial charge in [-0.15, -0.1) is 0 Å². The van der Waals surface area contributed by atoms with E-state index in [0.717, 1.165) is 4.90 Å². The first kappa shape index (κ1) is 37.6. The molecule has 0 aromatic carbocycles. The molecule has 11 N–H and O–H groups in total. The van der Waals surface area contributed by atoms with Gasteiger partial charge in [0.2, 0.25) is 6.41 Å². The van der Waals surface area contributed by atoms with E-state index in [-0.39, 0.29) is 0 Å². The Morgan fingerprint density at radius 3 is 1.52 bits per heavy atom. The highest BCUT2D eigenvalue weighted by atomic mass is 16.8. The molecule has 20 atom stereocenters. The molecule has 46 heavy (non-hydrogen) atoms. The van der Waals surface area contributed by atoms with Crippen LogP contribution in [0, 0.1) is 0 Å². The average molecular weight is 676 g/mol. The molecule has 4 heterocycles. The lowest BCUT2D eigenvalue weighted by Crippen LogP contribution is -2.69. The van der Waals surface area contributed by atoms with Crippen LogP contribution in [0.4, 0.5) is 0 Å². The highest BCUT2D eigenvalue weighted by molar-refractivity contribution is 5.47. The van der Waals surface area contributed by atoms with Crippen molar-refractivity contribution in [1.29, 1.82) is 0 Å². The van der Waals surface area contributed by atoms with E-state index in [1.54, 1.807) is 0 Å². The number of amides is 1. The minimum atomic E-state index is -1.91. The number of aliphatic hydroxyl groups excluding tert-OH is 11. The van der Waals surface area contributed by atoms with Crippen molar-refractivity contribution < 1.29 is 94.1 Å². The fourth-order valence-corrected chi connectivity index (χ4v) is 5.91. The first-order valence-corrected chi connectivity index (χ1v) is 14.8. The quantitative estimate of drug-likeness (QED) is 0.0958. The molecular weight excluding hydrogens is 630 g/mol. The van der Waals surface area contributed by atoms with Crippen LogP contribution in [-0.2, 0) is 38.0 Å². The zero-order valence-electron chi connectivity index (χ0n) is 25.2. The Balaban J connectivity index is 1.69. The van der Waals surface area contributed by atoms with Crippen LogP contribution in [0.15, 0.2) is 0 Å². The van der Waals surface area contributed by atoms with Gasteiger partial charge in [-0.05, 0) is 13.8 Å². The Kier molecular flexibility index (Phi) is 12.7. The van der Waals surface area contributed by atoms with Crippen molar-refractivity contribution in [3.8, 4) is 0 Å². The molecule has 4 saturated heterocycles. The van der Waals surface area contributed by atoms with Crippen LogP contribution < -0.4 is 0 Å². The highest BCUT2D eigenvalue weighted by Crippen LogP contribution is 2.36. The number of aliphatic hydroxyl groups is 11. The van der Waals surface area contributed by atoms with E-state index in [9.17, 15) is 61.0 Å². The monoisotopic (exact) mass is 675 g/mol. The van der Waals surface area contributed by atoms with Crippen molar-refractivity contribution in [2.45, 2.75) is 137 Å². The number of likely N-dealkylation sites (N-methyl/N-ethyl adjacent to an activating group) is 1. The lowest BCUT2D eigenvalue weighted by atomic mass is 9.94. The molecule has 0 aromatic heterocycles. The van der Waals surface area contributed by atoms with Crippen LogP contribution in [0.3, 0.4) is 0 Å². The number of carbonyl (C=O) groups is 1. The van der Waals surface area contributed by atoms with Gasteiger partial charge in [0, 0.05) is 7.05 Å². The summed E-state index contributed by atoms with van der Waals surface area (Å²) in [6.07, 6.45) is -30.8. The van der Waals surface area contributed by atoms with Gasteiger partial charge in [-0.25, -0.2) is 0 Å². The minimum Gasteiger partial charge on any atom is -0.394 e. The Morgan fingerprint density at radius 2 is 1.04 bits per heavy atom. The third-order valence-electron chi connectivity index (χ3n) is 8.76. The summed E-state index contributed by atoms with van der Waals surface area (Å²) in [6, 6.07) is -1.45. The molecule has 0 spiro atoms. The van der Waals surface area contributed by atoms with E-state index < -0.39 is 136 Å². The summed E-state index contributed by atoms with van der Waals surface area (Å²) in [4.78, 5) is 12.8. The summed E-state index contributed by atoms with van der Waals surface area (Å²) in [5.41, 5.74) is 0. The van der Waals surface area contributed by atoms with Gasteiger partial charge < -0.3 is 94.2 Å². The molecule has 4 aliphatic heterocycles. The molecule has 268 valence electrons. The predicted molar refractivity (Wildman–Crippen MR) is 143 cm³/mol. The number of ether oxygens (including phenoxy) is 7. The van der Waals surface area contributed by atoms with Crippen molar-refractivity contribution in [2.75, 3.05) is 20.3 Å². The SMILES string of the molecule is CC1O[C@@H](OC2[C@H](O[C@@H]3C(CO)O[C@@H](O)C(N(C)C=O)[C@H]3O[C@@H]3OC(C)[C@@H](O)C(O)[C@@H]3O)OC(CO)[C@H](O)[C@@H]2O)[C@@H](O)C(O)[C@@H]1O. The van der Waals surface area contributed by atoms with E-state index in [1.807, 2.05) is 0 Å². The first-order chi connectivity index (χ1) is 21.7. The van der Waals surface area contributed by atoms with Gasteiger partial charge in [0.15, 0.2) is 25.2 Å². The lowest BCUT2D eigenvalue weighted by Gasteiger charge is -2.51. The second-order valence-electron chi connectivity index (χ2n) is 11.9. The number of hydrogen-bond acceptors (Lipinski definition) is 19. The van der Waals surface area contributed by atoms with Gasteiger partial charge in [0.1, 0.15) is 85.4 Å². The number of rotatable bonds is 10. The largest absolute Gasteiger partial charge is 0.394 e. The van der Waals surface area contributed by atoms with Gasteiger partial charge in [-0.3, -0.25) is 4.79 Å². The number of nitrogens with zero attached hydrogens (tertiary/aromatic N) is 1. The summed E-state index contributed by atoms with van der Waals surface area (Å²) >= 11 is 0. The Morgan fingerprint density at radius 1 is 0.565 bits per heavy atom. The molecule has 0 aliphatic carbocycles. The summed E-state index contributed by atoms with van der Waals surface area (Å²) in [5.74, 6) is 0.